The number of sulfone groups is 1. The molecule has 1 unspecified atom stereocenters. The van der Waals surface area contributed by atoms with Gasteiger partial charge in [-0.25, -0.2) is 13.2 Å². The van der Waals surface area contributed by atoms with Crippen LogP contribution in [-0.2, 0) is 31.4 Å². The van der Waals surface area contributed by atoms with Gasteiger partial charge >= 0.3 is 12.1 Å². The Hall–Kier alpha value is -5.12. The predicted molar refractivity (Wildman–Crippen MR) is 176 cm³/mol. The van der Waals surface area contributed by atoms with Gasteiger partial charge in [-0.15, -0.1) is 5.10 Å². The lowest BCUT2D eigenvalue weighted by Crippen LogP contribution is -2.49. The van der Waals surface area contributed by atoms with Gasteiger partial charge < -0.3 is 31.4 Å². The van der Waals surface area contributed by atoms with E-state index in [-0.39, 0.29) is 28.5 Å². The van der Waals surface area contributed by atoms with Crippen molar-refractivity contribution in [2.75, 3.05) is 17.7 Å². The molecule has 1 aromatic heterocycles. The Labute approximate surface area is 280 Å². The number of aliphatic carboxylic acids is 1. The number of amides is 1. The summed E-state index contributed by atoms with van der Waals surface area (Å²) in [5, 5.41) is 19.4. The Balaban J connectivity index is 0.000000698. The molecular weight excluding hydrogens is 667 g/mol. The average Bonchev–Trinajstić information content (AvgIpc) is 3.88. The molecule has 1 atom stereocenters. The van der Waals surface area contributed by atoms with E-state index in [4.69, 9.17) is 30.8 Å². The monoisotopic (exact) mass is 703 g/mol. The van der Waals surface area contributed by atoms with Crippen molar-refractivity contribution in [1.82, 2.24) is 10.2 Å². The van der Waals surface area contributed by atoms with Crippen LogP contribution in [0.15, 0.2) is 71.8 Å². The second-order valence-corrected chi connectivity index (χ2v) is 13.8. The molecule has 1 aliphatic carbocycles. The number of halogens is 3. The molecule has 1 saturated carbocycles. The van der Waals surface area contributed by atoms with Crippen molar-refractivity contribution in [3.8, 4) is 11.5 Å². The number of carboxylic acids is 1. The zero-order chi connectivity index (χ0) is 36.1. The van der Waals surface area contributed by atoms with E-state index in [9.17, 15) is 26.4 Å². The number of carboxylic acid groups (broad SMARTS) is 1. The number of benzene rings is 3. The molecule has 262 valence electrons. The van der Waals surface area contributed by atoms with Crippen LogP contribution >= 0.6 is 0 Å². The fourth-order valence-electron chi connectivity index (χ4n) is 5.05. The van der Waals surface area contributed by atoms with Crippen LogP contribution in [-0.4, -0.2) is 59.7 Å². The number of anilines is 2. The summed E-state index contributed by atoms with van der Waals surface area (Å²) in [5.41, 5.74) is 12.4. The number of nitrogens with one attached hydrogen (secondary N) is 1. The SMILES string of the molecule is CCOc1cc(C(Cc2cccc(S(=O)(=O)C3CC3)c2)(Nc2ccc3c(N)nncc3c2)C(N)=O)ccc1OC(C)C.O=C(O)C(F)(F)F. The van der Waals surface area contributed by atoms with Crippen molar-refractivity contribution in [2.24, 2.45) is 5.73 Å². The molecule has 5 rings (SSSR count). The number of carbonyl (C=O) groups excluding carboxylic acids is 1. The van der Waals surface area contributed by atoms with Crippen molar-refractivity contribution in [2.45, 2.75) is 68.0 Å². The lowest BCUT2D eigenvalue weighted by Gasteiger charge is -2.34. The van der Waals surface area contributed by atoms with Crippen molar-refractivity contribution >= 4 is 44.0 Å². The zero-order valence-electron chi connectivity index (χ0n) is 26.8. The fourth-order valence-corrected chi connectivity index (χ4v) is 6.77. The Morgan fingerprint density at radius 2 is 1.76 bits per heavy atom. The number of rotatable bonds is 12. The highest BCUT2D eigenvalue weighted by Gasteiger charge is 2.41. The van der Waals surface area contributed by atoms with Crippen molar-refractivity contribution in [3.05, 3.63) is 78.0 Å². The lowest BCUT2D eigenvalue weighted by atomic mass is 9.82. The molecule has 0 saturated heterocycles. The number of nitrogen functional groups attached to an aromatic ring is 1. The topological polar surface area (TPSA) is 197 Å². The Bertz CT molecular complexity index is 1950. The van der Waals surface area contributed by atoms with E-state index in [0.717, 1.165) is 5.39 Å². The molecule has 0 bridgehead atoms. The van der Waals surface area contributed by atoms with Gasteiger partial charge in [0, 0.05) is 22.9 Å². The molecule has 3 aromatic carbocycles. The van der Waals surface area contributed by atoms with Crippen molar-refractivity contribution in [1.29, 1.82) is 0 Å². The molecule has 1 amide bonds. The summed E-state index contributed by atoms with van der Waals surface area (Å²) in [6.07, 6.45) is -2.23. The van der Waals surface area contributed by atoms with E-state index in [1.165, 1.54) is 0 Å². The number of primary amides is 1. The number of ether oxygens (including phenoxy) is 2. The summed E-state index contributed by atoms with van der Waals surface area (Å²) in [6, 6.07) is 17.4. The highest BCUT2D eigenvalue weighted by Crippen LogP contribution is 2.39. The van der Waals surface area contributed by atoms with Crippen molar-refractivity contribution < 1.29 is 45.8 Å². The van der Waals surface area contributed by atoms with Crippen LogP contribution in [0.25, 0.3) is 10.8 Å². The molecule has 16 heteroatoms. The standard InChI is InChI=1S/C31H35N5O5S.C2HF3O2/c1-4-40-28-16-22(8-13-27(28)41-19(2)3)31(30(33)37,35-23-9-12-26-21(15-23)18-34-36-29(26)32)17-20-6-5-7-25(14-20)42(38,39)24-10-11-24;3-2(4,5)1(6)7/h5-9,12-16,18-19,24,35H,4,10-11,17H2,1-3H3,(H2,32,36)(H2,33,37);(H,6,7). The molecule has 12 nitrogen and oxygen atoms in total. The first-order chi connectivity index (χ1) is 23.0. The van der Waals surface area contributed by atoms with Gasteiger partial charge in [0.25, 0.3) is 0 Å². The van der Waals surface area contributed by atoms with Crippen LogP contribution in [0.2, 0.25) is 0 Å². The molecule has 6 N–H and O–H groups in total. The molecule has 49 heavy (non-hydrogen) atoms. The van der Waals surface area contributed by atoms with Crippen LogP contribution in [0.4, 0.5) is 24.7 Å². The summed E-state index contributed by atoms with van der Waals surface area (Å²) in [7, 11) is -3.45. The average molecular weight is 704 g/mol. The second-order valence-electron chi connectivity index (χ2n) is 11.6. The summed E-state index contributed by atoms with van der Waals surface area (Å²) in [5.74, 6) is -2.14. The van der Waals surface area contributed by atoms with Gasteiger partial charge in [0.05, 0.1) is 29.1 Å². The van der Waals surface area contributed by atoms with Crippen LogP contribution in [0, 0.1) is 0 Å². The lowest BCUT2D eigenvalue weighted by molar-refractivity contribution is -0.192. The van der Waals surface area contributed by atoms with Gasteiger partial charge in [0.15, 0.2) is 27.2 Å². The maximum atomic E-state index is 13.6. The summed E-state index contributed by atoms with van der Waals surface area (Å²) in [4.78, 5) is 22.7. The number of alkyl halides is 3. The first-order valence-electron chi connectivity index (χ1n) is 15.1. The number of nitrogens with zero attached hydrogens (tertiary/aromatic N) is 2. The van der Waals surface area contributed by atoms with Gasteiger partial charge in [-0.3, -0.25) is 4.79 Å². The van der Waals surface area contributed by atoms with E-state index >= 15 is 0 Å². The molecule has 0 aliphatic heterocycles. The Morgan fingerprint density at radius 1 is 1.06 bits per heavy atom. The van der Waals surface area contributed by atoms with Gasteiger partial charge in [-0.1, -0.05) is 18.2 Å². The Kier molecular flexibility index (Phi) is 10.9. The quantitative estimate of drug-likeness (QED) is 0.155. The van der Waals surface area contributed by atoms with Crippen LogP contribution in [0.3, 0.4) is 0 Å². The predicted octanol–water partition coefficient (Wildman–Crippen LogP) is 5.00. The first-order valence-corrected chi connectivity index (χ1v) is 16.7. The van der Waals surface area contributed by atoms with E-state index in [2.05, 4.69) is 15.5 Å². The van der Waals surface area contributed by atoms with Gasteiger partial charge in [0.1, 0.15) is 5.54 Å². The summed E-state index contributed by atoms with van der Waals surface area (Å²) >= 11 is 0. The maximum absolute atomic E-state index is 13.6. The molecule has 0 radical (unpaired) electrons. The van der Waals surface area contributed by atoms with Crippen LogP contribution < -0.4 is 26.3 Å². The van der Waals surface area contributed by atoms with Crippen molar-refractivity contribution in [3.63, 3.8) is 0 Å². The summed E-state index contributed by atoms with van der Waals surface area (Å²) in [6.45, 7) is 6.07. The first kappa shape index (κ1) is 36.7. The molecule has 1 aliphatic rings. The van der Waals surface area contributed by atoms with Crippen LogP contribution in [0.1, 0.15) is 44.7 Å². The van der Waals surface area contributed by atoms with E-state index < -0.39 is 33.4 Å². The minimum Gasteiger partial charge on any atom is -0.490 e. The number of aromatic nitrogens is 2. The molecule has 1 heterocycles. The normalized spacial score (nSPS) is 14.3. The molecule has 0 spiro atoms. The molecule has 1 fully saturated rings. The second kappa shape index (κ2) is 14.6. The highest BCUT2D eigenvalue weighted by molar-refractivity contribution is 7.92. The zero-order valence-corrected chi connectivity index (χ0v) is 27.6. The fraction of sp³-hybridized carbons (Fsp3) is 0.333. The van der Waals surface area contributed by atoms with Gasteiger partial charge in [0.2, 0.25) is 5.91 Å². The number of carbonyl (C=O) groups is 2. The third kappa shape index (κ3) is 8.68. The third-order valence-corrected chi connectivity index (χ3v) is 9.73. The highest BCUT2D eigenvalue weighted by atomic mass is 32.2. The number of hydrogen-bond acceptors (Lipinski definition) is 10. The minimum atomic E-state index is -5.08. The number of hydrogen-bond donors (Lipinski definition) is 4. The number of fused-ring (bicyclic) bond motifs is 1. The third-order valence-electron chi connectivity index (χ3n) is 7.47. The number of nitrogens with two attached hydrogens (primary N) is 2. The van der Waals surface area contributed by atoms with E-state index in [1.54, 1.807) is 60.8 Å². The maximum Gasteiger partial charge on any atom is 0.490 e. The van der Waals surface area contributed by atoms with Crippen LogP contribution in [0.5, 0.6) is 11.5 Å². The Morgan fingerprint density at radius 3 is 2.35 bits per heavy atom. The summed E-state index contributed by atoms with van der Waals surface area (Å²) < 4.78 is 69.7. The van der Waals surface area contributed by atoms with Gasteiger partial charge in [-0.2, -0.15) is 18.3 Å². The van der Waals surface area contributed by atoms with E-state index in [0.29, 0.717) is 53.1 Å². The largest absolute Gasteiger partial charge is 0.490 e. The van der Waals surface area contributed by atoms with Gasteiger partial charge in [-0.05, 0) is 87.2 Å². The molecule has 4 aromatic rings. The van der Waals surface area contributed by atoms with E-state index in [1.807, 2.05) is 26.8 Å². The minimum absolute atomic E-state index is 0.0566. The molecular formula is C33H36F3N5O7S. The smallest absolute Gasteiger partial charge is 0.490 e.